The van der Waals surface area contributed by atoms with Gasteiger partial charge >= 0.3 is 5.97 Å². The summed E-state index contributed by atoms with van der Waals surface area (Å²) in [6, 6.07) is 45.3. The number of carbonyl (C=O) groups excluding carboxylic acids is 2. The fourth-order valence-corrected chi connectivity index (χ4v) is 16.9. The molecule has 3 aliphatic heterocycles. The molecule has 8 N–H and O–H groups in total. The molecule has 0 radical (unpaired) electrons. The summed E-state index contributed by atoms with van der Waals surface area (Å²) in [5.74, 6) is -1.28. The zero-order valence-electron chi connectivity index (χ0n) is 45.4. The van der Waals surface area contributed by atoms with Gasteiger partial charge in [-0.3, -0.25) is 9.59 Å². The highest BCUT2D eigenvalue weighted by Crippen LogP contribution is 2.43. The highest BCUT2D eigenvalue weighted by atomic mass is 32.2. The van der Waals surface area contributed by atoms with E-state index < -0.39 is 110 Å². The van der Waals surface area contributed by atoms with E-state index in [2.05, 4.69) is 55.3 Å². The van der Waals surface area contributed by atoms with E-state index in [-0.39, 0.29) is 44.0 Å². The topological polar surface area (TPSA) is 234 Å². The first-order valence-electron chi connectivity index (χ1n) is 27.2. The molecule has 5 aromatic carbocycles. The van der Waals surface area contributed by atoms with Gasteiger partial charge in [-0.25, -0.2) is 0 Å². The second-order valence-electron chi connectivity index (χ2n) is 22.5. The van der Waals surface area contributed by atoms with Crippen LogP contribution in [0.3, 0.4) is 0 Å². The van der Waals surface area contributed by atoms with Gasteiger partial charge in [0.25, 0.3) is 14.2 Å². The summed E-state index contributed by atoms with van der Waals surface area (Å²) >= 11 is 1.51. The van der Waals surface area contributed by atoms with Crippen LogP contribution in [-0.2, 0) is 44.1 Å². The molecule has 3 fully saturated rings. The van der Waals surface area contributed by atoms with Crippen LogP contribution in [0.25, 0.3) is 10.9 Å². The van der Waals surface area contributed by atoms with Gasteiger partial charge in [0, 0.05) is 65.7 Å². The fraction of sp³-hybridized carbons (Fsp3) is 0.443. The van der Waals surface area contributed by atoms with Crippen molar-refractivity contribution in [3.63, 3.8) is 0 Å². The van der Waals surface area contributed by atoms with E-state index in [4.69, 9.17) is 38.6 Å². The molecule has 0 saturated carbocycles. The minimum atomic E-state index is -3.34. The number of carbonyl (C=O) groups is 2. The second-order valence-corrected chi connectivity index (χ2v) is 28.1. The monoisotopic (exact) mass is 1120 g/mol. The number of esters is 1. The molecule has 6 aromatic rings. The Bertz CT molecular complexity index is 2880. The fourth-order valence-electron chi connectivity index (χ4n) is 11.2. The number of ether oxygens (including phenoxy) is 6. The number of nitrogens with two attached hydrogens (primary N) is 1. The van der Waals surface area contributed by atoms with E-state index in [1.165, 1.54) is 11.8 Å². The SMILES string of the molecule is CC(C)CC(=O)OC[C@H]1O[C@H](O[C@H]2[C@@H](CO[Si](c3ccccc3)(c3ccccc3)C(C)(C)C)O[C@H](OC[C@H]3O[C@H](Sc4ccccc4)C[C@@H](N)[C@H]3O)C[C@]2(O)Cc2c[nH]c3ccccc23)C[C@](O)(NC(=O)c2ccccc2)[C@H]1O. The highest BCUT2D eigenvalue weighted by Gasteiger charge is 2.57. The Balaban J connectivity index is 1.11. The Hall–Kier alpha value is -5.29. The van der Waals surface area contributed by atoms with Crippen LogP contribution < -0.4 is 21.4 Å². The predicted octanol–water partition coefficient (Wildman–Crippen LogP) is 6.31. The van der Waals surface area contributed by atoms with E-state index in [0.29, 0.717) is 6.42 Å². The van der Waals surface area contributed by atoms with Gasteiger partial charge in [0.1, 0.15) is 48.2 Å². The van der Waals surface area contributed by atoms with Gasteiger partial charge in [0.15, 0.2) is 18.3 Å². The average molecular weight is 1120 g/mol. The predicted molar refractivity (Wildman–Crippen MR) is 303 cm³/mol. The maximum atomic E-state index is 13.9. The van der Waals surface area contributed by atoms with Crippen molar-refractivity contribution < 1.29 is 62.9 Å². The minimum Gasteiger partial charge on any atom is -0.463 e. The number of aliphatic hydroxyl groups excluding tert-OH is 2. The largest absolute Gasteiger partial charge is 0.463 e. The second kappa shape index (κ2) is 25.2. The van der Waals surface area contributed by atoms with Gasteiger partial charge < -0.3 is 69.3 Å². The summed E-state index contributed by atoms with van der Waals surface area (Å²) in [4.78, 5) is 31.2. The molecule has 1 amide bonds. The number of benzene rings is 5. The molecule has 422 valence electrons. The number of aromatic nitrogens is 1. The third-order valence-corrected chi connectivity index (χ3v) is 21.2. The van der Waals surface area contributed by atoms with Crippen LogP contribution in [0.15, 0.2) is 157 Å². The first-order valence-corrected chi connectivity index (χ1v) is 30.0. The summed E-state index contributed by atoms with van der Waals surface area (Å²) in [7, 11) is -3.34. The lowest BCUT2D eigenvalue weighted by molar-refractivity contribution is -0.352. The van der Waals surface area contributed by atoms with Crippen molar-refractivity contribution in [3.8, 4) is 0 Å². The normalized spacial score (nSPS) is 28.6. The summed E-state index contributed by atoms with van der Waals surface area (Å²) in [5.41, 5.74) is 3.67. The Labute approximate surface area is 467 Å². The standard InChI is InChI=1S/C61H75N3O13SSi/c1-39(2)30-51(65)71-37-49-56(67)61(70,64-58(68)40-20-10-6-11-21-40)34-53(74-49)77-57-50(38-73-79(59(3,4)5,43-24-14-8-15-25-43)44-26-16-9-17-27-44)75-52(33-60(57,69)32-41-35-63-47-29-19-18-28-45(41)47)72-36-48-55(66)46(62)31-54(76-48)78-42-22-12-7-13-23-42/h6-29,35,39,46,48-50,52-57,63,66-67,69-70H,30-34,36-38,62H2,1-5H3,(H,64,68)/t46-,48-,49-,50-,52+,53-,54-,55-,56+,57+,60-,61-/m1/s1. The van der Waals surface area contributed by atoms with E-state index in [0.717, 1.165) is 31.7 Å². The van der Waals surface area contributed by atoms with Crippen molar-refractivity contribution in [3.05, 3.63) is 163 Å². The number of aliphatic hydroxyl groups is 4. The molecule has 1 aromatic heterocycles. The quantitative estimate of drug-likeness (QED) is 0.0252. The first kappa shape index (κ1) is 58.4. The smallest absolute Gasteiger partial charge is 0.306 e. The van der Waals surface area contributed by atoms with E-state index in [1.54, 1.807) is 30.3 Å². The molecule has 79 heavy (non-hydrogen) atoms. The molecule has 0 aliphatic carbocycles. The van der Waals surface area contributed by atoms with E-state index >= 15 is 0 Å². The number of thioether (sulfide) groups is 1. The van der Waals surface area contributed by atoms with Crippen molar-refractivity contribution in [2.45, 2.75) is 149 Å². The van der Waals surface area contributed by atoms with Gasteiger partial charge in [0.05, 0.1) is 19.3 Å². The zero-order valence-corrected chi connectivity index (χ0v) is 47.2. The van der Waals surface area contributed by atoms with Crippen LogP contribution in [0.4, 0.5) is 0 Å². The Kier molecular flexibility index (Phi) is 18.6. The van der Waals surface area contributed by atoms with Crippen LogP contribution in [-0.4, -0.2) is 137 Å². The Morgan fingerprint density at radius 1 is 0.772 bits per heavy atom. The number of H-pyrrole nitrogens is 1. The first-order chi connectivity index (χ1) is 37.8. The molecule has 4 heterocycles. The Morgan fingerprint density at radius 3 is 2.03 bits per heavy atom. The maximum absolute atomic E-state index is 13.9. The number of amides is 1. The molecular formula is C61H75N3O13SSi. The molecule has 9 rings (SSSR count). The molecule has 12 atom stereocenters. The molecule has 3 saturated heterocycles. The maximum Gasteiger partial charge on any atom is 0.306 e. The number of fused-ring (bicyclic) bond motifs is 1. The number of rotatable bonds is 20. The number of hydrogen-bond acceptors (Lipinski definition) is 15. The zero-order chi connectivity index (χ0) is 56.0. The summed E-state index contributed by atoms with van der Waals surface area (Å²) in [5, 5.41) is 54.8. The van der Waals surface area contributed by atoms with Crippen LogP contribution >= 0.6 is 11.8 Å². The number of para-hydroxylation sites is 1. The summed E-state index contributed by atoms with van der Waals surface area (Å²) < 4.78 is 47.0. The van der Waals surface area contributed by atoms with Crippen LogP contribution in [0.5, 0.6) is 0 Å². The van der Waals surface area contributed by atoms with Gasteiger partial charge in [-0.15, -0.1) is 0 Å². The Morgan fingerprint density at radius 2 is 1.38 bits per heavy atom. The molecule has 18 heteroatoms. The van der Waals surface area contributed by atoms with E-state index in [9.17, 15) is 30.0 Å². The molecule has 0 spiro atoms. The molecule has 0 bridgehead atoms. The highest BCUT2D eigenvalue weighted by molar-refractivity contribution is 7.99. The lowest BCUT2D eigenvalue weighted by Gasteiger charge is -2.51. The molecular weight excluding hydrogens is 1040 g/mol. The number of hydrogen-bond donors (Lipinski definition) is 7. The van der Waals surface area contributed by atoms with Gasteiger partial charge in [-0.2, -0.15) is 0 Å². The van der Waals surface area contributed by atoms with Crippen molar-refractivity contribution in [1.29, 1.82) is 0 Å². The minimum absolute atomic E-state index is 0.0234. The van der Waals surface area contributed by atoms with Crippen LogP contribution in [0.1, 0.15) is 76.2 Å². The van der Waals surface area contributed by atoms with E-state index in [1.807, 2.05) is 111 Å². The lowest BCUT2D eigenvalue weighted by Crippen LogP contribution is -2.70. The van der Waals surface area contributed by atoms with Crippen LogP contribution in [0.2, 0.25) is 5.04 Å². The number of nitrogens with one attached hydrogen (secondary N) is 2. The third kappa shape index (κ3) is 13.6. The van der Waals surface area contributed by atoms with Crippen molar-refractivity contribution in [2.75, 3.05) is 19.8 Å². The van der Waals surface area contributed by atoms with Crippen molar-refractivity contribution in [2.24, 2.45) is 11.7 Å². The lowest BCUT2D eigenvalue weighted by atomic mass is 9.81. The third-order valence-electron chi connectivity index (χ3n) is 15.1. The van der Waals surface area contributed by atoms with Crippen molar-refractivity contribution in [1.82, 2.24) is 10.3 Å². The number of aromatic amines is 1. The molecule has 3 aliphatic rings. The average Bonchev–Trinajstić information content (AvgIpc) is 3.99. The summed E-state index contributed by atoms with van der Waals surface area (Å²) in [6.07, 6.45) is -8.78. The van der Waals surface area contributed by atoms with Gasteiger partial charge in [-0.05, 0) is 57.2 Å². The molecule has 16 nitrogen and oxygen atoms in total. The van der Waals surface area contributed by atoms with Crippen LogP contribution in [0, 0.1) is 5.92 Å². The van der Waals surface area contributed by atoms with Crippen molar-refractivity contribution >= 4 is 53.2 Å². The summed E-state index contributed by atoms with van der Waals surface area (Å²) in [6.45, 7) is 9.36. The van der Waals surface area contributed by atoms with Gasteiger partial charge in [-0.1, -0.05) is 162 Å². The molecule has 0 unspecified atom stereocenters. The van der Waals surface area contributed by atoms with Gasteiger partial charge in [0.2, 0.25) is 0 Å².